The topological polar surface area (TPSA) is 156 Å². The molecule has 1 saturated heterocycles. The van der Waals surface area contributed by atoms with Gasteiger partial charge in [0.1, 0.15) is 52.2 Å². The Labute approximate surface area is 366 Å². The lowest BCUT2D eigenvalue weighted by molar-refractivity contribution is -0.147. The van der Waals surface area contributed by atoms with E-state index < -0.39 is 58.9 Å². The molecule has 13 nitrogen and oxygen atoms in total. The lowest BCUT2D eigenvalue weighted by Gasteiger charge is -2.24. The van der Waals surface area contributed by atoms with E-state index in [1.807, 2.05) is 26.8 Å². The van der Waals surface area contributed by atoms with Gasteiger partial charge in [0.2, 0.25) is 0 Å². The molecule has 1 fully saturated rings. The summed E-state index contributed by atoms with van der Waals surface area (Å²) in [6.07, 6.45) is 5.15. The zero-order chi connectivity index (χ0) is 41.7. The summed E-state index contributed by atoms with van der Waals surface area (Å²) in [5, 5.41) is 0. The maximum atomic E-state index is 12.9. The number of halogens is 3. The van der Waals surface area contributed by atoms with Crippen molar-refractivity contribution in [1.29, 1.82) is 0 Å². The fraction of sp³-hybridized carbons (Fsp3) is 0.583. The van der Waals surface area contributed by atoms with Gasteiger partial charge in [-0.05, 0) is 85.7 Å². The molecule has 314 valence electrons. The second-order valence-corrected chi connectivity index (χ2v) is 23.5. The number of benzene rings is 2. The first-order chi connectivity index (χ1) is 24.9. The molecular formula is C36H55Br2IN2O11S3. The van der Waals surface area contributed by atoms with Gasteiger partial charge >= 0.3 is 11.9 Å². The van der Waals surface area contributed by atoms with Gasteiger partial charge in [0, 0.05) is 35.3 Å². The number of hydrogen-bond acceptors (Lipinski definition) is 11. The molecule has 0 amide bonds. The van der Waals surface area contributed by atoms with Gasteiger partial charge in [-0.15, -0.1) is 4.21 Å². The fourth-order valence-corrected chi connectivity index (χ4v) is 6.79. The highest BCUT2D eigenvalue weighted by Gasteiger charge is 2.66. The van der Waals surface area contributed by atoms with Crippen LogP contribution in [0.15, 0.2) is 49.7 Å². The van der Waals surface area contributed by atoms with Crippen LogP contribution in [-0.4, -0.2) is 106 Å². The molecule has 4 atom stereocenters. The molecule has 19 heteroatoms. The molecule has 0 aliphatic carbocycles. The van der Waals surface area contributed by atoms with Crippen molar-refractivity contribution in [3.63, 3.8) is 0 Å². The van der Waals surface area contributed by atoms with Crippen LogP contribution in [0.1, 0.15) is 66.5 Å². The number of nitrogens with zero attached hydrogens (tertiary/aromatic N) is 2. The summed E-state index contributed by atoms with van der Waals surface area (Å²) in [7, 11) is -1.38. The van der Waals surface area contributed by atoms with Gasteiger partial charge in [0.25, 0.3) is 0 Å². The average Bonchev–Trinajstić information content (AvgIpc) is 3.80. The molecule has 1 aliphatic rings. The average molecular weight is 1070 g/mol. The third-order valence-electron chi connectivity index (χ3n) is 6.45. The van der Waals surface area contributed by atoms with E-state index in [9.17, 15) is 22.2 Å². The third-order valence-corrected chi connectivity index (χ3v) is 10.7. The minimum Gasteiger partial charge on any atom is -1.00 e. The van der Waals surface area contributed by atoms with Gasteiger partial charge in [-0.3, -0.25) is 0 Å². The van der Waals surface area contributed by atoms with Gasteiger partial charge in [-0.2, -0.15) is 8.70 Å². The predicted octanol–water partition coefficient (Wildman–Crippen LogP) is 3.59. The van der Waals surface area contributed by atoms with Crippen molar-refractivity contribution in [2.45, 2.75) is 70.4 Å². The number of methoxy groups -OCH3 is 2. The molecule has 0 bridgehead atoms. The Morgan fingerprint density at radius 2 is 1.31 bits per heavy atom. The Morgan fingerprint density at radius 1 is 0.836 bits per heavy atom. The predicted molar refractivity (Wildman–Crippen MR) is 223 cm³/mol. The Kier molecular flexibility index (Phi) is 23.3. The largest absolute Gasteiger partial charge is 1.00 e. The first kappa shape index (κ1) is 53.7. The highest BCUT2D eigenvalue weighted by atomic mass is 127. The maximum Gasteiger partial charge on any atom is 0.358 e. The molecule has 1 aliphatic heterocycles. The van der Waals surface area contributed by atoms with Crippen molar-refractivity contribution < 1.29 is 74.6 Å². The first-order valence-electron chi connectivity index (χ1n) is 16.7. The van der Waals surface area contributed by atoms with Crippen LogP contribution in [0.5, 0.6) is 11.5 Å². The molecule has 0 radical (unpaired) electrons. The fourth-order valence-electron chi connectivity index (χ4n) is 4.08. The van der Waals surface area contributed by atoms with E-state index in [4.69, 9.17) is 28.4 Å². The van der Waals surface area contributed by atoms with E-state index in [-0.39, 0.29) is 56.5 Å². The third kappa shape index (κ3) is 17.6. The van der Waals surface area contributed by atoms with E-state index in [2.05, 4.69) is 36.3 Å². The van der Waals surface area contributed by atoms with Crippen LogP contribution >= 0.6 is 31.9 Å². The van der Waals surface area contributed by atoms with E-state index in [0.717, 1.165) is 8.95 Å². The number of esters is 2. The van der Waals surface area contributed by atoms with Crippen LogP contribution in [-0.2, 0) is 70.2 Å². The summed E-state index contributed by atoms with van der Waals surface area (Å²) in [5.41, 5.74) is -0.114. The monoisotopic (exact) mass is 1070 g/mol. The van der Waals surface area contributed by atoms with Crippen molar-refractivity contribution in [2.24, 2.45) is 4.40 Å². The van der Waals surface area contributed by atoms with Gasteiger partial charge in [-0.25, -0.2) is 18.0 Å². The summed E-state index contributed by atoms with van der Waals surface area (Å²) in [6.45, 7) is 15.2. The van der Waals surface area contributed by atoms with Gasteiger partial charge < -0.3 is 52.4 Å². The SMILES string of the molecule is CCOC(=O)C(=NS(=O)C(C)(C)C)c1ccc(Br)cc1OCOC.CCOC(=O)C1(c2ccc(Br)cc2OCOC)CN1S(=O)C(C)(C)C.C[S+](C)(C)=O.[I-]. The van der Waals surface area contributed by atoms with Crippen LogP contribution < -0.4 is 33.5 Å². The van der Waals surface area contributed by atoms with Crippen molar-refractivity contribution in [3.05, 3.63) is 56.5 Å². The van der Waals surface area contributed by atoms with E-state index in [1.54, 1.807) is 88.0 Å². The summed E-state index contributed by atoms with van der Waals surface area (Å²) in [4.78, 5) is 25.1. The van der Waals surface area contributed by atoms with Gasteiger partial charge in [0.05, 0.1) is 38.2 Å². The summed E-state index contributed by atoms with van der Waals surface area (Å²) in [6, 6.07) is 10.5. The van der Waals surface area contributed by atoms with E-state index >= 15 is 0 Å². The molecule has 3 rings (SSSR count). The highest BCUT2D eigenvalue weighted by Crippen LogP contribution is 2.50. The Morgan fingerprint density at radius 3 is 1.76 bits per heavy atom. The Bertz CT molecular complexity index is 1700. The van der Waals surface area contributed by atoms with Crippen LogP contribution in [0.3, 0.4) is 0 Å². The van der Waals surface area contributed by atoms with Gasteiger partial charge in [0.15, 0.2) is 24.8 Å². The van der Waals surface area contributed by atoms with Crippen LogP contribution in [0.25, 0.3) is 0 Å². The summed E-state index contributed by atoms with van der Waals surface area (Å²) in [5.74, 6) is -0.196. The minimum absolute atomic E-state index is 0. The molecule has 2 aromatic rings. The molecule has 0 spiro atoms. The molecule has 0 saturated carbocycles. The number of carbonyl (C=O) groups is 2. The van der Waals surface area contributed by atoms with Crippen molar-refractivity contribution in [3.8, 4) is 11.5 Å². The lowest BCUT2D eigenvalue weighted by atomic mass is 9.98. The molecule has 0 N–H and O–H groups in total. The lowest BCUT2D eigenvalue weighted by Crippen LogP contribution is -3.00. The molecular weight excluding hydrogens is 1020 g/mol. The quantitative estimate of drug-likeness (QED) is 0.0681. The van der Waals surface area contributed by atoms with Crippen molar-refractivity contribution in [1.82, 2.24) is 4.31 Å². The molecule has 4 unspecified atom stereocenters. The molecule has 1 heterocycles. The normalized spacial score (nSPS) is 17.8. The number of hydrogen-bond donors (Lipinski definition) is 0. The Balaban J connectivity index is 0.000000929. The minimum atomic E-state index is -1.62. The van der Waals surface area contributed by atoms with Crippen LogP contribution in [0, 0.1) is 0 Å². The standard InChI is InChI=1S/C17H24BrNO5S.C16H22BrNO5S.C3H9OS.HI/c1-6-23-15(20)17(10-19(17)25(21)16(2,3)4)13-8-7-12(18)9-14(13)24-11-22-5;1-6-22-15(19)14(18-24(20)16(2,3)4)12-8-7-11(17)9-13(12)23-10-21-5;1-5(2,3)4;/h7-9H,6,10-11H2,1-5H3;7-9H,6,10H2,1-5H3;1-3H3;1H/q;;+1;/p-1. The molecule has 55 heavy (non-hydrogen) atoms. The first-order valence-corrected chi connectivity index (χ1v) is 23.2. The highest BCUT2D eigenvalue weighted by molar-refractivity contribution is 9.10. The smallest absolute Gasteiger partial charge is 0.358 e. The van der Waals surface area contributed by atoms with Gasteiger partial charge in [-0.1, -0.05) is 37.9 Å². The number of carbonyl (C=O) groups excluding carboxylic acids is 2. The van der Waals surface area contributed by atoms with Crippen molar-refractivity contribution >= 4 is 81.4 Å². The van der Waals surface area contributed by atoms with Crippen LogP contribution in [0.4, 0.5) is 0 Å². The summed E-state index contributed by atoms with van der Waals surface area (Å²) >= 11 is 6.76. The zero-order valence-electron chi connectivity index (χ0n) is 33.7. The summed E-state index contributed by atoms with van der Waals surface area (Å²) < 4.78 is 73.1. The zero-order valence-corrected chi connectivity index (χ0v) is 41.5. The van der Waals surface area contributed by atoms with Crippen molar-refractivity contribution in [2.75, 3.05) is 66.3 Å². The van der Waals surface area contributed by atoms with E-state index in [0.29, 0.717) is 29.2 Å². The maximum absolute atomic E-state index is 12.9. The Hall–Kier alpha value is -1.33. The van der Waals surface area contributed by atoms with E-state index in [1.165, 1.54) is 14.2 Å². The second-order valence-electron chi connectivity index (χ2n) is 14.1. The molecule has 0 aromatic heterocycles. The van der Waals surface area contributed by atoms with Crippen LogP contribution in [0.2, 0.25) is 0 Å². The second kappa shape index (κ2) is 23.9. The number of rotatable bonds is 14. The molecule has 2 aromatic carbocycles. The number of ether oxygens (including phenoxy) is 6.